The van der Waals surface area contributed by atoms with Gasteiger partial charge in [-0.3, -0.25) is 0 Å². The molecule has 0 aliphatic carbocycles. The van der Waals surface area contributed by atoms with E-state index >= 15 is 0 Å². The summed E-state index contributed by atoms with van der Waals surface area (Å²) in [5.74, 6) is 1.10. The van der Waals surface area contributed by atoms with Crippen LogP contribution in [0.4, 0.5) is 0 Å². The van der Waals surface area contributed by atoms with Crippen LogP contribution in [0.3, 0.4) is 0 Å². The molecule has 4 nitrogen and oxygen atoms in total. The molecule has 1 aromatic carbocycles. The molecule has 1 N–H and O–H groups in total. The Balaban J connectivity index is 2.42. The third-order valence-electron chi connectivity index (χ3n) is 2.87. The molecule has 2 heterocycles. The lowest BCUT2D eigenvalue weighted by Crippen LogP contribution is -1.97. The van der Waals surface area contributed by atoms with Gasteiger partial charge in [0.25, 0.3) is 0 Å². The van der Waals surface area contributed by atoms with Gasteiger partial charge in [-0.1, -0.05) is 32.0 Å². The molecule has 17 heavy (non-hydrogen) atoms. The quantitative estimate of drug-likeness (QED) is 0.650. The summed E-state index contributed by atoms with van der Waals surface area (Å²) in [6.07, 6.45) is 1.61. The molecule has 0 spiro atoms. The predicted molar refractivity (Wildman–Crippen MR) is 65.4 cm³/mol. The first kappa shape index (κ1) is 10.1. The molecular weight excluding hydrogens is 214 g/mol. The molecule has 2 aliphatic rings. The summed E-state index contributed by atoms with van der Waals surface area (Å²) in [4.78, 5) is 8.98. The minimum atomic E-state index is 0.285. The number of para-hydroxylation sites is 1. The van der Waals surface area contributed by atoms with Crippen molar-refractivity contribution in [3.8, 4) is 11.4 Å². The fraction of sp³-hybridized carbons (Fsp3) is 0.231. The van der Waals surface area contributed by atoms with Crippen LogP contribution in [-0.2, 0) is 0 Å². The molecule has 0 atom stereocenters. The standard InChI is InChI=1S/C13H13N3O/c1-8(2)13-14-10-7-16(17)11-6-4-3-5-9(11)12(10)15-13/h3-8,17H,1-2H3. The number of imidazole rings is 1. The molecule has 0 unspecified atom stereocenters. The second-order valence-electron chi connectivity index (χ2n) is 4.46. The summed E-state index contributed by atoms with van der Waals surface area (Å²) >= 11 is 0. The first-order valence-electron chi connectivity index (χ1n) is 5.64. The SMILES string of the molecule is CC(C)c1nc2cn(O)c3ccccc3c-2n1. The van der Waals surface area contributed by atoms with Gasteiger partial charge >= 0.3 is 0 Å². The van der Waals surface area contributed by atoms with Gasteiger partial charge < -0.3 is 5.21 Å². The minimum absolute atomic E-state index is 0.285. The zero-order valence-corrected chi connectivity index (χ0v) is 9.75. The Morgan fingerprint density at radius 1 is 1.18 bits per heavy atom. The summed E-state index contributed by atoms with van der Waals surface area (Å²) in [5.41, 5.74) is 2.33. The third-order valence-corrected chi connectivity index (χ3v) is 2.87. The second kappa shape index (κ2) is 3.45. The first-order valence-corrected chi connectivity index (χ1v) is 5.64. The summed E-state index contributed by atoms with van der Waals surface area (Å²) < 4.78 is 1.11. The highest BCUT2D eigenvalue weighted by molar-refractivity contribution is 5.92. The Labute approximate surface area is 98.9 Å². The highest BCUT2D eigenvalue weighted by Crippen LogP contribution is 2.29. The topological polar surface area (TPSA) is 50.9 Å². The Bertz CT molecular complexity index is 657. The van der Waals surface area contributed by atoms with Crippen LogP contribution >= 0.6 is 0 Å². The molecule has 1 aromatic rings. The average Bonchev–Trinajstić information content (AvgIpc) is 2.73. The number of aromatic nitrogens is 3. The lowest BCUT2D eigenvalue weighted by atomic mass is 10.1. The Hall–Kier alpha value is -2.10. The van der Waals surface area contributed by atoms with Crippen LogP contribution in [0.1, 0.15) is 25.6 Å². The van der Waals surface area contributed by atoms with Crippen LogP contribution in [0.5, 0.6) is 0 Å². The normalized spacial score (nSPS) is 11.7. The molecule has 0 fully saturated rings. The molecule has 0 bridgehead atoms. The molecular formula is C13H13N3O. The van der Waals surface area contributed by atoms with Crippen molar-refractivity contribution in [1.82, 2.24) is 14.7 Å². The van der Waals surface area contributed by atoms with Crippen molar-refractivity contribution in [3.05, 3.63) is 36.3 Å². The van der Waals surface area contributed by atoms with E-state index in [0.29, 0.717) is 0 Å². The molecule has 0 aromatic heterocycles. The second-order valence-corrected chi connectivity index (χ2v) is 4.46. The van der Waals surface area contributed by atoms with E-state index in [1.165, 1.54) is 0 Å². The van der Waals surface area contributed by atoms with Crippen molar-refractivity contribution in [2.45, 2.75) is 19.8 Å². The highest BCUT2D eigenvalue weighted by atomic mass is 16.5. The van der Waals surface area contributed by atoms with Crippen molar-refractivity contribution in [2.24, 2.45) is 0 Å². The largest absolute Gasteiger partial charge is 0.428 e. The van der Waals surface area contributed by atoms with Crippen molar-refractivity contribution in [3.63, 3.8) is 0 Å². The van der Waals surface area contributed by atoms with E-state index in [1.807, 2.05) is 24.3 Å². The average molecular weight is 227 g/mol. The lowest BCUT2D eigenvalue weighted by molar-refractivity contribution is 0.198. The van der Waals surface area contributed by atoms with Crippen molar-refractivity contribution < 1.29 is 5.21 Å². The smallest absolute Gasteiger partial charge is 0.132 e. The van der Waals surface area contributed by atoms with Gasteiger partial charge in [-0.25, -0.2) is 9.97 Å². The molecule has 4 heteroatoms. The van der Waals surface area contributed by atoms with E-state index in [-0.39, 0.29) is 5.92 Å². The third kappa shape index (κ3) is 1.45. The summed E-state index contributed by atoms with van der Waals surface area (Å²) in [6, 6.07) is 7.63. The van der Waals surface area contributed by atoms with E-state index in [0.717, 1.165) is 32.8 Å². The fourth-order valence-corrected chi connectivity index (χ4v) is 1.98. The van der Waals surface area contributed by atoms with E-state index in [1.54, 1.807) is 6.20 Å². The van der Waals surface area contributed by atoms with Gasteiger partial charge in [-0.15, -0.1) is 0 Å². The molecule has 0 radical (unpaired) electrons. The predicted octanol–water partition coefficient (Wildman–Crippen LogP) is 2.90. The van der Waals surface area contributed by atoms with Crippen LogP contribution in [0.15, 0.2) is 30.5 Å². The molecule has 0 saturated heterocycles. The number of pyridine rings is 1. The molecule has 86 valence electrons. The molecule has 0 saturated carbocycles. The van der Waals surface area contributed by atoms with Gasteiger partial charge in [-0.2, -0.15) is 4.73 Å². The van der Waals surface area contributed by atoms with E-state index in [9.17, 15) is 5.21 Å². The number of hydrogen-bond donors (Lipinski definition) is 1. The van der Waals surface area contributed by atoms with Gasteiger partial charge in [0.2, 0.25) is 0 Å². The molecule has 2 aliphatic heterocycles. The number of hydrogen-bond acceptors (Lipinski definition) is 3. The van der Waals surface area contributed by atoms with Crippen LogP contribution in [-0.4, -0.2) is 19.9 Å². The van der Waals surface area contributed by atoms with E-state index in [2.05, 4.69) is 23.8 Å². The zero-order valence-electron chi connectivity index (χ0n) is 9.75. The van der Waals surface area contributed by atoms with Crippen molar-refractivity contribution in [1.29, 1.82) is 0 Å². The van der Waals surface area contributed by atoms with Crippen molar-refractivity contribution >= 4 is 10.9 Å². The van der Waals surface area contributed by atoms with Crippen LogP contribution < -0.4 is 0 Å². The summed E-state index contributed by atoms with van der Waals surface area (Å²) in [7, 11) is 0. The monoisotopic (exact) mass is 227 g/mol. The van der Waals surface area contributed by atoms with Crippen LogP contribution in [0.25, 0.3) is 22.3 Å². The Morgan fingerprint density at radius 3 is 2.71 bits per heavy atom. The van der Waals surface area contributed by atoms with Gasteiger partial charge in [0, 0.05) is 11.3 Å². The maximum atomic E-state index is 9.87. The van der Waals surface area contributed by atoms with E-state index < -0.39 is 0 Å². The van der Waals surface area contributed by atoms with Crippen LogP contribution in [0.2, 0.25) is 0 Å². The highest BCUT2D eigenvalue weighted by Gasteiger charge is 2.17. The van der Waals surface area contributed by atoms with Gasteiger partial charge in [0.15, 0.2) is 0 Å². The first-order chi connectivity index (χ1) is 8.16. The number of benzene rings is 1. The summed E-state index contributed by atoms with van der Waals surface area (Å²) in [6.45, 7) is 4.12. The Morgan fingerprint density at radius 2 is 1.94 bits per heavy atom. The molecule has 0 amide bonds. The van der Waals surface area contributed by atoms with Gasteiger partial charge in [0.05, 0.1) is 11.7 Å². The maximum absolute atomic E-state index is 9.87. The van der Waals surface area contributed by atoms with Crippen molar-refractivity contribution in [2.75, 3.05) is 0 Å². The fourth-order valence-electron chi connectivity index (χ4n) is 1.98. The summed E-state index contributed by atoms with van der Waals surface area (Å²) in [5, 5.41) is 10.8. The van der Waals surface area contributed by atoms with Gasteiger partial charge in [0.1, 0.15) is 17.2 Å². The van der Waals surface area contributed by atoms with E-state index in [4.69, 9.17) is 0 Å². The lowest BCUT2D eigenvalue weighted by Gasteiger charge is -2.06. The minimum Gasteiger partial charge on any atom is -0.428 e. The number of fused-ring (bicyclic) bond motifs is 3. The Kier molecular flexibility index (Phi) is 2.04. The van der Waals surface area contributed by atoms with Crippen LogP contribution in [0, 0.1) is 0 Å². The number of rotatable bonds is 1. The number of nitrogens with zero attached hydrogens (tertiary/aromatic N) is 3. The van der Waals surface area contributed by atoms with Gasteiger partial charge in [-0.05, 0) is 6.07 Å². The maximum Gasteiger partial charge on any atom is 0.132 e. The molecule has 3 rings (SSSR count). The zero-order chi connectivity index (χ0) is 12.0.